The van der Waals surface area contributed by atoms with Crippen LogP contribution in [0.3, 0.4) is 0 Å². The highest BCUT2D eigenvalue weighted by molar-refractivity contribution is 5.40. The summed E-state index contributed by atoms with van der Waals surface area (Å²) in [6, 6.07) is 10.0. The third-order valence-electron chi connectivity index (χ3n) is 4.14. The van der Waals surface area contributed by atoms with Gasteiger partial charge < -0.3 is 5.11 Å². The second-order valence-electron chi connectivity index (χ2n) is 5.95. The molecule has 2 unspecified atom stereocenters. The van der Waals surface area contributed by atoms with E-state index in [0.29, 0.717) is 0 Å². The molecule has 1 heteroatoms. The summed E-state index contributed by atoms with van der Waals surface area (Å²) in [7, 11) is 0. The molecule has 0 bridgehead atoms. The first-order chi connectivity index (χ1) is 8.52. The summed E-state index contributed by atoms with van der Waals surface area (Å²) in [5, 5.41) is 10.4. The van der Waals surface area contributed by atoms with Crippen molar-refractivity contribution in [3.05, 3.63) is 35.9 Å². The highest BCUT2D eigenvalue weighted by Crippen LogP contribution is 2.65. The van der Waals surface area contributed by atoms with E-state index in [-0.39, 0.29) is 16.9 Å². The number of aliphatic hydroxyl groups excluding tert-OH is 1. The molecule has 2 rings (SSSR count). The Kier molecular flexibility index (Phi) is 3.50. The summed E-state index contributed by atoms with van der Waals surface area (Å²) < 4.78 is 0. The lowest BCUT2D eigenvalue weighted by molar-refractivity contribution is 0.0942. The van der Waals surface area contributed by atoms with E-state index in [9.17, 15) is 5.11 Å². The average Bonchev–Trinajstić information content (AvgIpc) is 2.92. The van der Waals surface area contributed by atoms with E-state index in [1.54, 1.807) is 0 Å². The molecular formula is C17H22O. The Morgan fingerprint density at radius 1 is 1.28 bits per heavy atom. The first-order valence-electron chi connectivity index (χ1n) is 6.78. The van der Waals surface area contributed by atoms with Gasteiger partial charge in [0.2, 0.25) is 0 Å². The predicted molar refractivity (Wildman–Crippen MR) is 75.1 cm³/mol. The lowest BCUT2D eigenvalue weighted by Crippen LogP contribution is -2.25. The van der Waals surface area contributed by atoms with Crippen LogP contribution in [0.2, 0.25) is 0 Å². The summed E-state index contributed by atoms with van der Waals surface area (Å²) in [5.74, 6) is 6.59. The second-order valence-corrected chi connectivity index (χ2v) is 5.95. The number of aliphatic hydroxyl groups is 1. The molecule has 0 heterocycles. The summed E-state index contributed by atoms with van der Waals surface area (Å²) in [5.41, 5.74) is 0.977. The Labute approximate surface area is 110 Å². The number of rotatable bonds is 3. The van der Waals surface area contributed by atoms with Crippen LogP contribution in [0, 0.1) is 22.7 Å². The monoisotopic (exact) mass is 242 g/mol. The molecule has 0 saturated heterocycles. The van der Waals surface area contributed by atoms with Crippen LogP contribution in [0.15, 0.2) is 30.3 Å². The van der Waals surface area contributed by atoms with Crippen molar-refractivity contribution < 1.29 is 5.11 Å². The maximum absolute atomic E-state index is 10.4. The Hall–Kier alpha value is -1.26. The molecule has 0 amide bonds. The van der Waals surface area contributed by atoms with Crippen LogP contribution in [0.25, 0.3) is 0 Å². The largest absolute Gasteiger partial charge is 0.392 e. The number of hydrogen-bond donors (Lipinski definition) is 1. The van der Waals surface area contributed by atoms with Crippen molar-refractivity contribution in [2.24, 2.45) is 10.8 Å². The zero-order valence-electron chi connectivity index (χ0n) is 11.5. The zero-order chi connectivity index (χ0) is 13.2. The topological polar surface area (TPSA) is 20.2 Å². The first-order valence-corrected chi connectivity index (χ1v) is 6.78. The van der Waals surface area contributed by atoms with E-state index in [4.69, 9.17) is 0 Å². The Morgan fingerprint density at radius 2 is 1.89 bits per heavy atom. The fourth-order valence-corrected chi connectivity index (χ4v) is 2.74. The van der Waals surface area contributed by atoms with Crippen LogP contribution in [-0.2, 0) is 0 Å². The molecule has 1 aromatic carbocycles. The predicted octanol–water partition coefficient (Wildman–Crippen LogP) is 3.62. The summed E-state index contributed by atoms with van der Waals surface area (Å²) in [4.78, 5) is 0. The highest BCUT2D eigenvalue weighted by Gasteiger charge is 2.64. The van der Waals surface area contributed by atoms with Crippen molar-refractivity contribution in [1.29, 1.82) is 0 Å². The number of hydrogen-bond acceptors (Lipinski definition) is 1. The van der Waals surface area contributed by atoms with Gasteiger partial charge in [-0.3, -0.25) is 0 Å². The van der Waals surface area contributed by atoms with Gasteiger partial charge in [0.05, 0.1) is 11.5 Å². The molecule has 1 fully saturated rings. The van der Waals surface area contributed by atoms with Crippen LogP contribution in [0.1, 0.15) is 45.6 Å². The van der Waals surface area contributed by atoms with Gasteiger partial charge in [-0.25, -0.2) is 0 Å². The molecule has 0 aliphatic heterocycles. The van der Waals surface area contributed by atoms with Gasteiger partial charge in [0.25, 0.3) is 0 Å². The van der Waals surface area contributed by atoms with Gasteiger partial charge in [-0.15, -0.1) is 0 Å². The quantitative estimate of drug-likeness (QED) is 0.803. The second kappa shape index (κ2) is 4.78. The van der Waals surface area contributed by atoms with Crippen LogP contribution >= 0.6 is 0 Å². The fourth-order valence-electron chi connectivity index (χ4n) is 2.74. The van der Waals surface area contributed by atoms with Gasteiger partial charge >= 0.3 is 0 Å². The van der Waals surface area contributed by atoms with Crippen molar-refractivity contribution in [2.45, 2.75) is 46.1 Å². The third kappa shape index (κ3) is 2.31. The standard InChI is InChI=1S/C17H22O/c1-4-8-15(18)17(13-16(17,2)3)12-11-14-9-6-5-7-10-14/h5-7,9-10,15,18H,4,8,13H2,1-3H3. The fraction of sp³-hybridized carbons (Fsp3) is 0.529. The van der Waals surface area contributed by atoms with Gasteiger partial charge in [0, 0.05) is 5.56 Å². The lowest BCUT2D eigenvalue weighted by atomic mass is 9.88. The Bertz CT molecular complexity index is 463. The van der Waals surface area contributed by atoms with E-state index in [0.717, 1.165) is 24.8 Å². The smallest absolute Gasteiger partial charge is 0.0711 e. The molecule has 1 saturated carbocycles. The van der Waals surface area contributed by atoms with Crippen LogP contribution in [0.4, 0.5) is 0 Å². The van der Waals surface area contributed by atoms with Gasteiger partial charge in [0.15, 0.2) is 0 Å². The average molecular weight is 242 g/mol. The van der Waals surface area contributed by atoms with E-state index in [1.807, 2.05) is 30.3 Å². The van der Waals surface area contributed by atoms with Gasteiger partial charge in [-0.2, -0.15) is 0 Å². The molecule has 96 valence electrons. The third-order valence-corrected chi connectivity index (χ3v) is 4.14. The Morgan fingerprint density at radius 3 is 2.39 bits per heavy atom. The molecule has 1 aliphatic rings. The molecule has 1 aromatic rings. The molecule has 0 spiro atoms. The maximum Gasteiger partial charge on any atom is 0.0711 e. The van der Waals surface area contributed by atoms with Gasteiger partial charge in [0.1, 0.15) is 0 Å². The van der Waals surface area contributed by atoms with Crippen molar-refractivity contribution >= 4 is 0 Å². The van der Waals surface area contributed by atoms with E-state index in [1.165, 1.54) is 0 Å². The van der Waals surface area contributed by atoms with Crippen LogP contribution in [0.5, 0.6) is 0 Å². The van der Waals surface area contributed by atoms with E-state index >= 15 is 0 Å². The molecule has 1 aliphatic carbocycles. The summed E-state index contributed by atoms with van der Waals surface area (Å²) in [6.07, 6.45) is 2.55. The van der Waals surface area contributed by atoms with E-state index < -0.39 is 0 Å². The molecule has 18 heavy (non-hydrogen) atoms. The van der Waals surface area contributed by atoms with Crippen LogP contribution in [-0.4, -0.2) is 11.2 Å². The van der Waals surface area contributed by atoms with Crippen LogP contribution < -0.4 is 0 Å². The number of benzene rings is 1. The lowest BCUT2D eigenvalue weighted by Gasteiger charge is -2.20. The summed E-state index contributed by atoms with van der Waals surface area (Å²) in [6.45, 7) is 6.51. The minimum Gasteiger partial charge on any atom is -0.392 e. The zero-order valence-corrected chi connectivity index (χ0v) is 11.5. The molecule has 1 N–H and O–H groups in total. The molecule has 2 atom stereocenters. The molecular weight excluding hydrogens is 220 g/mol. The van der Waals surface area contributed by atoms with Crippen molar-refractivity contribution in [3.8, 4) is 11.8 Å². The molecule has 0 aromatic heterocycles. The Balaban J connectivity index is 2.22. The highest BCUT2D eigenvalue weighted by atomic mass is 16.3. The van der Waals surface area contributed by atoms with Crippen molar-refractivity contribution in [2.75, 3.05) is 0 Å². The SMILES string of the molecule is CCCC(O)C1(C#Cc2ccccc2)CC1(C)C. The van der Waals surface area contributed by atoms with Crippen molar-refractivity contribution in [1.82, 2.24) is 0 Å². The van der Waals surface area contributed by atoms with Gasteiger partial charge in [-0.05, 0) is 30.4 Å². The van der Waals surface area contributed by atoms with E-state index in [2.05, 4.69) is 32.6 Å². The molecule has 0 radical (unpaired) electrons. The minimum atomic E-state index is -0.297. The van der Waals surface area contributed by atoms with Crippen molar-refractivity contribution in [3.63, 3.8) is 0 Å². The van der Waals surface area contributed by atoms with Gasteiger partial charge in [-0.1, -0.05) is 57.2 Å². The first kappa shape index (κ1) is 13.2. The summed E-state index contributed by atoms with van der Waals surface area (Å²) >= 11 is 0. The molecule has 1 nitrogen and oxygen atoms in total. The normalized spacial score (nSPS) is 26.0. The minimum absolute atomic E-state index is 0.142. The maximum atomic E-state index is 10.4.